The lowest BCUT2D eigenvalue weighted by Gasteiger charge is -2.16. The number of benzene rings is 1. The van der Waals surface area contributed by atoms with Crippen molar-refractivity contribution in [3.05, 3.63) is 29.8 Å². The molecule has 0 radical (unpaired) electrons. The van der Waals surface area contributed by atoms with Crippen LogP contribution in [0.1, 0.15) is 6.92 Å². The average Bonchev–Trinajstić information content (AvgIpc) is 2.29. The largest absolute Gasteiger partial charge is 0.405 e. The van der Waals surface area contributed by atoms with E-state index < -0.39 is 36.3 Å². The van der Waals surface area contributed by atoms with Crippen molar-refractivity contribution < 1.29 is 26.7 Å². The molecule has 1 aromatic carbocycles. The van der Waals surface area contributed by atoms with Crippen molar-refractivity contribution in [2.45, 2.75) is 19.1 Å². The maximum Gasteiger partial charge on any atom is 0.405 e. The number of alkyl halides is 3. The molecule has 1 unspecified atom stereocenters. The molecule has 0 fully saturated rings. The number of hydrogen-bond donors (Lipinski definition) is 2. The number of halogens is 5. The fourth-order valence-corrected chi connectivity index (χ4v) is 1.24. The van der Waals surface area contributed by atoms with Gasteiger partial charge in [0.2, 0.25) is 5.91 Å². The molecule has 0 aliphatic heterocycles. The molecule has 0 aliphatic carbocycles. The van der Waals surface area contributed by atoms with Crippen LogP contribution in [0.4, 0.5) is 27.6 Å². The highest BCUT2D eigenvalue weighted by atomic mass is 19.4. The van der Waals surface area contributed by atoms with Crippen LogP contribution in [-0.4, -0.2) is 24.7 Å². The van der Waals surface area contributed by atoms with E-state index in [-0.39, 0.29) is 5.69 Å². The quantitative estimate of drug-likeness (QED) is 0.833. The Hall–Kier alpha value is -1.86. The molecule has 0 aromatic heterocycles. The van der Waals surface area contributed by atoms with Gasteiger partial charge in [-0.3, -0.25) is 4.79 Å². The van der Waals surface area contributed by atoms with Crippen LogP contribution in [-0.2, 0) is 4.79 Å². The fraction of sp³-hybridized carbons (Fsp3) is 0.364. The van der Waals surface area contributed by atoms with Crippen molar-refractivity contribution in [3.8, 4) is 0 Å². The Balaban J connectivity index is 2.56. The molecule has 0 saturated carbocycles. The Morgan fingerprint density at radius 3 is 2.42 bits per heavy atom. The molecule has 3 nitrogen and oxygen atoms in total. The van der Waals surface area contributed by atoms with Gasteiger partial charge in [-0.1, -0.05) is 0 Å². The standard InChI is InChI=1S/C11H11F5N2O/c1-6(10(19)17-5-11(14,15)16)18-7-2-3-8(12)9(13)4-7/h2-4,6,18H,5H2,1H3,(H,17,19). The highest BCUT2D eigenvalue weighted by Crippen LogP contribution is 2.15. The van der Waals surface area contributed by atoms with E-state index in [9.17, 15) is 26.7 Å². The summed E-state index contributed by atoms with van der Waals surface area (Å²) in [4.78, 5) is 11.3. The third kappa shape index (κ3) is 5.11. The molecule has 0 bridgehead atoms. The van der Waals surface area contributed by atoms with Crippen molar-refractivity contribution in [2.24, 2.45) is 0 Å². The minimum Gasteiger partial charge on any atom is -0.374 e. The Morgan fingerprint density at radius 1 is 1.26 bits per heavy atom. The van der Waals surface area contributed by atoms with E-state index in [0.717, 1.165) is 12.1 Å². The first-order valence-corrected chi connectivity index (χ1v) is 5.25. The van der Waals surface area contributed by atoms with Gasteiger partial charge in [0.1, 0.15) is 12.6 Å². The minimum absolute atomic E-state index is 0.0913. The maximum atomic E-state index is 12.9. The smallest absolute Gasteiger partial charge is 0.374 e. The van der Waals surface area contributed by atoms with Crippen LogP contribution in [0.3, 0.4) is 0 Å². The minimum atomic E-state index is -4.50. The summed E-state index contributed by atoms with van der Waals surface area (Å²) in [7, 11) is 0. The zero-order chi connectivity index (χ0) is 14.6. The van der Waals surface area contributed by atoms with Crippen molar-refractivity contribution >= 4 is 11.6 Å². The van der Waals surface area contributed by atoms with Crippen molar-refractivity contribution in [1.29, 1.82) is 0 Å². The van der Waals surface area contributed by atoms with E-state index in [1.165, 1.54) is 13.0 Å². The third-order valence-electron chi connectivity index (χ3n) is 2.16. The summed E-state index contributed by atoms with van der Waals surface area (Å²) in [6.45, 7) is -0.150. The number of nitrogens with one attached hydrogen (secondary N) is 2. The maximum absolute atomic E-state index is 12.9. The monoisotopic (exact) mass is 282 g/mol. The first-order chi connectivity index (χ1) is 8.69. The fourth-order valence-electron chi connectivity index (χ4n) is 1.24. The van der Waals surface area contributed by atoms with Crippen LogP contribution in [0, 0.1) is 11.6 Å². The van der Waals surface area contributed by atoms with Gasteiger partial charge in [0, 0.05) is 11.8 Å². The lowest BCUT2D eigenvalue weighted by Crippen LogP contribution is -2.42. The molecule has 1 rings (SSSR count). The molecule has 1 atom stereocenters. The summed E-state index contributed by atoms with van der Waals surface area (Å²) in [6, 6.07) is 1.81. The first kappa shape index (κ1) is 15.2. The topological polar surface area (TPSA) is 41.1 Å². The van der Waals surface area contributed by atoms with E-state index in [0.29, 0.717) is 0 Å². The predicted molar refractivity (Wildman–Crippen MR) is 58.5 cm³/mol. The second kappa shape index (κ2) is 5.85. The number of amides is 1. The Labute approximate surface area is 105 Å². The molecular formula is C11H11F5N2O. The van der Waals surface area contributed by atoms with Gasteiger partial charge in [-0.15, -0.1) is 0 Å². The second-order valence-corrected chi connectivity index (χ2v) is 3.83. The zero-order valence-corrected chi connectivity index (χ0v) is 9.81. The van der Waals surface area contributed by atoms with Gasteiger partial charge in [-0.2, -0.15) is 13.2 Å². The van der Waals surface area contributed by atoms with E-state index >= 15 is 0 Å². The van der Waals surface area contributed by atoms with Gasteiger partial charge in [0.25, 0.3) is 0 Å². The lowest BCUT2D eigenvalue weighted by atomic mass is 10.2. The van der Waals surface area contributed by atoms with Crippen LogP contribution >= 0.6 is 0 Å². The molecule has 8 heteroatoms. The van der Waals surface area contributed by atoms with Crippen LogP contribution < -0.4 is 10.6 Å². The molecule has 0 spiro atoms. The summed E-state index contributed by atoms with van der Waals surface area (Å²) >= 11 is 0. The van der Waals surface area contributed by atoms with Crippen LogP contribution in [0.2, 0.25) is 0 Å². The Bertz CT molecular complexity index is 461. The van der Waals surface area contributed by atoms with Crippen LogP contribution in [0.15, 0.2) is 18.2 Å². The summed E-state index contributed by atoms with van der Waals surface area (Å²) in [5.41, 5.74) is 0.0913. The highest BCUT2D eigenvalue weighted by Gasteiger charge is 2.28. The molecule has 19 heavy (non-hydrogen) atoms. The molecule has 1 amide bonds. The SMILES string of the molecule is CC(Nc1ccc(F)c(F)c1)C(=O)NCC(F)(F)F. The van der Waals surface area contributed by atoms with Gasteiger partial charge in [0.15, 0.2) is 11.6 Å². The summed E-state index contributed by atoms with van der Waals surface area (Å²) in [5, 5.41) is 4.13. The Kier molecular flexibility index (Phi) is 4.68. The normalized spacial score (nSPS) is 12.9. The number of carbonyl (C=O) groups is 1. The molecule has 1 aromatic rings. The van der Waals surface area contributed by atoms with Gasteiger partial charge >= 0.3 is 6.18 Å². The number of rotatable bonds is 4. The summed E-state index contributed by atoms with van der Waals surface area (Å²) < 4.78 is 61.1. The molecule has 0 aliphatic rings. The lowest BCUT2D eigenvalue weighted by molar-refractivity contribution is -0.138. The van der Waals surface area contributed by atoms with Gasteiger partial charge < -0.3 is 10.6 Å². The number of carbonyl (C=O) groups excluding carboxylic acids is 1. The van der Waals surface area contributed by atoms with Crippen LogP contribution in [0.5, 0.6) is 0 Å². The van der Waals surface area contributed by atoms with E-state index in [1.807, 2.05) is 0 Å². The van der Waals surface area contributed by atoms with Gasteiger partial charge in [-0.05, 0) is 19.1 Å². The van der Waals surface area contributed by atoms with Gasteiger partial charge in [0.05, 0.1) is 0 Å². The zero-order valence-electron chi connectivity index (χ0n) is 9.81. The third-order valence-corrected chi connectivity index (χ3v) is 2.16. The Morgan fingerprint density at radius 2 is 1.89 bits per heavy atom. The van der Waals surface area contributed by atoms with Gasteiger partial charge in [-0.25, -0.2) is 8.78 Å². The molecule has 106 valence electrons. The van der Waals surface area contributed by atoms with Crippen LogP contribution in [0.25, 0.3) is 0 Å². The first-order valence-electron chi connectivity index (χ1n) is 5.25. The summed E-state index contributed by atoms with van der Waals surface area (Å²) in [5.74, 6) is -3.07. The van der Waals surface area contributed by atoms with Crippen molar-refractivity contribution in [1.82, 2.24) is 5.32 Å². The second-order valence-electron chi connectivity index (χ2n) is 3.83. The van der Waals surface area contributed by atoms with Crippen molar-refractivity contribution in [3.63, 3.8) is 0 Å². The molecule has 2 N–H and O–H groups in total. The number of anilines is 1. The summed E-state index contributed by atoms with van der Waals surface area (Å²) in [6.07, 6.45) is -4.50. The van der Waals surface area contributed by atoms with E-state index in [1.54, 1.807) is 5.32 Å². The predicted octanol–water partition coefficient (Wildman–Crippen LogP) is 2.44. The molecular weight excluding hydrogens is 271 g/mol. The van der Waals surface area contributed by atoms with E-state index in [2.05, 4.69) is 5.32 Å². The highest BCUT2D eigenvalue weighted by molar-refractivity contribution is 5.84. The molecule has 0 saturated heterocycles. The van der Waals surface area contributed by atoms with Crippen molar-refractivity contribution in [2.75, 3.05) is 11.9 Å². The van der Waals surface area contributed by atoms with E-state index in [4.69, 9.17) is 0 Å². The number of hydrogen-bond acceptors (Lipinski definition) is 2. The average molecular weight is 282 g/mol. The molecule has 0 heterocycles.